The Bertz CT molecular complexity index is 188. The molecule has 0 spiro atoms. The summed E-state index contributed by atoms with van der Waals surface area (Å²) in [5.74, 6) is 0.0288. The van der Waals surface area contributed by atoms with E-state index in [1.165, 1.54) is 6.08 Å². The second kappa shape index (κ2) is 6.34. The van der Waals surface area contributed by atoms with Gasteiger partial charge in [0.25, 0.3) is 0 Å². The first kappa shape index (κ1) is 11.8. The van der Waals surface area contributed by atoms with Crippen LogP contribution in [0.4, 0.5) is 0 Å². The van der Waals surface area contributed by atoms with Crippen LogP contribution >= 0.6 is 0 Å². The normalized spacial score (nSPS) is 11.2. The van der Waals surface area contributed by atoms with Crippen LogP contribution in [0.3, 0.4) is 0 Å². The molecule has 0 aliphatic carbocycles. The molecule has 2 N–H and O–H groups in total. The minimum Gasteiger partial charge on any atom is -0.462 e. The van der Waals surface area contributed by atoms with Crippen molar-refractivity contribution in [3.05, 3.63) is 11.9 Å². The van der Waals surface area contributed by atoms with Gasteiger partial charge in [0.05, 0.1) is 12.7 Å². The molecule has 0 heterocycles. The van der Waals surface area contributed by atoms with Gasteiger partial charge >= 0.3 is 5.97 Å². The van der Waals surface area contributed by atoms with Crippen molar-refractivity contribution >= 4 is 5.97 Å². The fraction of sp³-hybridized carbons (Fsp3) is 0.667. The lowest BCUT2D eigenvalue weighted by molar-refractivity contribution is -0.138. The predicted molar refractivity (Wildman–Crippen MR) is 51.8 cm³/mol. The van der Waals surface area contributed by atoms with Crippen molar-refractivity contribution < 1.29 is 9.53 Å². The van der Waals surface area contributed by atoms with Crippen LogP contribution in [0.25, 0.3) is 0 Å². The maximum Gasteiger partial charge on any atom is 0.334 e. The number of unbranched alkanes of at least 4 members (excludes halogenated alkanes) is 1. The lowest BCUT2D eigenvalue weighted by Crippen LogP contribution is -2.20. The first-order valence-electron chi connectivity index (χ1n) is 4.39. The van der Waals surface area contributed by atoms with Gasteiger partial charge in [-0.05, 0) is 6.42 Å². The number of hydrogen-bond donors (Lipinski definition) is 1. The smallest absolute Gasteiger partial charge is 0.334 e. The Hall–Kier alpha value is -1.19. The van der Waals surface area contributed by atoms with Gasteiger partial charge in [0, 0.05) is 14.1 Å². The molecule has 4 nitrogen and oxygen atoms in total. The SMILES string of the molecule is CCCCOC(=O)/C=C(/N)N(C)C. The number of nitrogens with zero attached hydrogens (tertiary/aromatic N) is 1. The molecule has 0 aromatic heterocycles. The van der Waals surface area contributed by atoms with Crippen LogP contribution in [0.15, 0.2) is 11.9 Å². The number of hydrogen-bond acceptors (Lipinski definition) is 4. The number of esters is 1. The van der Waals surface area contributed by atoms with Gasteiger partial charge in [-0.25, -0.2) is 4.79 Å². The van der Waals surface area contributed by atoms with E-state index in [0.717, 1.165) is 12.8 Å². The molecule has 0 atom stereocenters. The van der Waals surface area contributed by atoms with Crippen LogP contribution in [0, 0.1) is 0 Å². The largest absolute Gasteiger partial charge is 0.462 e. The molecule has 0 saturated carbocycles. The van der Waals surface area contributed by atoms with E-state index in [-0.39, 0.29) is 5.97 Å². The zero-order valence-corrected chi connectivity index (χ0v) is 8.54. The fourth-order valence-electron chi connectivity index (χ4n) is 0.609. The third kappa shape index (κ3) is 6.02. The summed E-state index contributed by atoms with van der Waals surface area (Å²) < 4.78 is 4.88. The number of ether oxygens (including phenoxy) is 1. The molecule has 0 radical (unpaired) electrons. The van der Waals surface area contributed by atoms with Crippen molar-refractivity contribution in [3.8, 4) is 0 Å². The summed E-state index contributed by atoms with van der Waals surface area (Å²) >= 11 is 0. The van der Waals surface area contributed by atoms with E-state index in [1.807, 2.05) is 6.92 Å². The molecule has 0 amide bonds. The second-order valence-electron chi connectivity index (χ2n) is 2.98. The molecule has 0 unspecified atom stereocenters. The van der Waals surface area contributed by atoms with Gasteiger partial charge < -0.3 is 15.4 Å². The van der Waals surface area contributed by atoms with E-state index in [4.69, 9.17) is 10.5 Å². The number of carbonyl (C=O) groups excluding carboxylic acids is 1. The molecular formula is C9H18N2O2. The molecule has 0 aliphatic rings. The fourth-order valence-corrected chi connectivity index (χ4v) is 0.609. The van der Waals surface area contributed by atoms with Gasteiger partial charge in [0.15, 0.2) is 0 Å². The molecule has 0 aliphatic heterocycles. The minimum absolute atomic E-state index is 0.375. The Morgan fingerprint density at radius 3 is 2.62 bits per heavy atom. The molecule has 0 aromatic rings. The van der Waals surface area contributed by atoms with Crippen LogP contribution < -0.4 is 5.73 Å². The van der Waals surface area contributed by atoms with Gasteiger partial charge in [-0.15, -0.1) is 0 Å². The lowest BCUT2D eigenvalue weighted by Gasteiger charge is -2.11. The molecule has 0 bridgehead atoms. The summed E-state index contributed by atoms with van der Waals surface area (Å²) in [6.07, 6.45) is 3.19. The summed E-state index contributed by atoms with van der Waals surface area (Å²) in [5, 5.41) is 0. The van der Waals surface area contributed by atoms with Crippen LogP contribution in [0.2, 0.25) is 0 Å². The maximum atomic E-state index is 11.0. The van der Waals surface area contributed by atoms with E-state index in [2.05, 4.69) is 0 Å². The molecule has 4 heteroatoms. The third-order valence-corrected chi connectivity index (χ3v) is 1.52. The van der Waals surface area contributed by atoms with E-state index < -0.39 is 0 Å². The first-order valence-corrected chi connectivity index (χ1v) is 4.39. The van der Waals surface area contributed by atoms with Crippen LogP contribution in [-0.2, 0) is 9.53 Å². The van der Waals surface area contributed by atoms with Crippen molar-refractivity contribution in [1.82, 2.24) is 4.90 Å². The van der Waals surface area contributed by atoms with E-state index in [9.17, 15) is 4.79 Å². The van der Waals surface area contributed by atoms with Crippen molar-refractivity contribution in [2.45, 2.75) is 19.8 Å². The number of rotatable bonds is 5. The van der Waals surface area contributed by atoms with E-state index >= 15 is 0 Å². The molecule has 0 saturated heterocycles. The Morgan fingerprint density at radius 1 is 1.54 bits per heavy atom. The van der Waals surface area contributed by atoms with E-state index in [0.29, 0.717) is 12.4 Å². The molecule has 0 rings (SSSR count). The highest BCUT2D eigenvalue weighted by molar-refractivity contribution is 5.82. The highest BCUT2D eigenvalue weighted by atomic mass is 16.5. The lowest BCUT2D eigenvalue weighted by atomic mass is 10.4. The average molecular weight is 186 g/mol. The molecule has 0 aromatic carbocycles. The monoisotopic (exact) mass is 186 g/mol. The summed E-state index contributed by atoms with van der Waals surface area (Å²) in [6.45, 7) is 2.50. The standard InChI is InChI=1S/C9H18N2O2/c1-4-5-6-13-9(12)7-8(10)11(2)3/h7H,4-6,10H2,1-3H3/b8-7-. The molecular weight excluding hydrogens is 168 g/mol. The summed E-state index contributed by atoms with van der Waals surface area (Å²) in [6, 6.07) is 0. The van der Waals surface area contributed by atoms with Gasteiger partial charge in [0.1, 0.15) is 5.82 Å². The molecule has 0 fully saturated rings. The van der Waals surface area contributed by atoms with Gasteiger partial charge in [-0.3, -0.25) is 0 Å². The topological polar surface area (TPSA) is 55.6 Å². The van der Waals surface area contributed by atoms with Crippen molar-refractivity contribution in [1.29, 1.82) is 0 Å². The van der Waals surface area contributed by atoms with Crippen molar-refractivity contribution in [2.24, 2.45) is 5.73 Å². The summed E-state index contributed by atoms with van der Waals surface area (Å²) in [4.78, 5) is 12.7. The third-order valence-electron chi connectivity index (χ3n) is 1.52. The summed E-state index contributed by atoms with van der Waals surface area (Å²) in [5.41, 5.74) is 5.51. The Kier molecular flexibility index (Phi) is 5.76. The van der Waals surface area contributed by atoms with Crippen molar-refractivity contribution in [3.63, 3.8) is 0 Å². The molecule has 13 heavy (non-hydrogen) atoms. The van der Waals surface area contributed by atoms with Gasteiger partial charge in [-0.2, -0.15) is 0 Å². The van der Waals surface area contributed by atoms with Gasteiger partial charge in [0.2, 0.25) is 0 Å². The Labute approximate surface area is 79.3 Å². The number of carbonyl (C=O) groups is 1. The Balaban J connectivity index is 3.79. The highest BCUT2D eigenvalue weighted by Gasteiger charge is 2.00. The average Bonchev–Trinajstić information content (AvgIpc) is 2.04. The maximum absolute atomic E-state index is 11.0. The van der Waals surface area contributed by atoms with Crippen LogP contribution in [-0.4, -0.2) is 31.6 Å². The molecule has 76 valence electrons. The summed E-state index contributed by atoms with van der Waals surface area (Å²) in [7, 11) is 3.54. The quantitative estimate of drug-likeness (QED) is 0.390. The Morgan fingerprint density at radius 2 is 2.15 bits per heavy atom. The predicted octanol–water partition coefficient (Wildman–Crippen LogP) is 0.691. The first-order chi connectivity index (χ1) is 6.07. The zero-order chi connectivity index (χ0) is 10.3. The second-order valence-corrected chi connectivity index (χ2v) is 2.98. The van der Waals surface area contributed by atoms with Crippen LogP contribution in [0.1, 0.15) is 19.8 Å². The zero-order valence-electron chi connectivity index (χ0n) is 8.54. The van der Waals surface area contributed by atoms with Crippen molar-refractivity contribution in [2.75, 3.05) is 20.7 Å². The number of nitrogens with two attached hydrogens (primary N) is 1. The van der Waals surface area contributed by atoms with Crippen LogP contribution in [0.5, 0.6) is 0 Å². The van der Waals surface area contributed by atoms with E-state index in [1.54, 1.807) is 19.0 Å². The van der Waals surface area contributed by atoms with Gasteiger partial charge in [-0.1, -0.05) is 13.3 Å². The highest BCUT2D eigenvalue weighted by Crippen LogP contribution is 1.93. The minimum atomic E-state index is -0.375.